The summed E-state index contributed by atoms with van der Waals surface area (Å²) >= 11 is 0. The van der Waals surface area contributed by atoms with Crippen molar-refractivity contribution in [2.45, 2.75) is 109 Å². The molecular formula is C31H43N5O6Si. The Labute approximate surface area is 252 Å². The highest BCUT2D eigenvalue weighted by Gasteiger charge is 2.72. The Balaban J connectivity index is 1.58. The smallest absolute Gasteiger partial charge is 0.280 e. The number of imidazole rings is 1. The molecule has 232 valence electrons. The zero-order chi connectivity index (χ0) is 31.4. The lowest BCUT2D eigenvalue weighted by Crippen LogP contribution is -2.59. The molecule has 2 aromatic heterocycles. The molecule has 43 heavy (non-hydrogen) atoms. The van der Waals surface area contributed by atoms with Crippen molar-refractivity contribution in [3.05, 3.63) is 52.6 Å². The molecule has 3 heterocycles. The number of nitrogens with zero attached hydrogens (tertiary/aromatic N) is 3. The largest absolute Gasteiger partial charge is 0.408 e. The first-order valence-electron chi connectivity index (χ1n) is 15.0. The van der Waals surface area contributed by atoms with Crippen LogP contribution in [0.4, 0.5) is 5.95 Å². The van der Waals surface area contributed by atoms with Gasteiger partial charge in [0, 0.05) is 5.92 Å². The fourth-order valence-corrected chi connectivity index (χ4v) is 7.22. The van der Waals surface area contributed by atoms with Crippen molar-refractivity contribution in [1.29, 1.82) is 0 Å². The lowest BCUT2D eigenvalue weighted by atomic mass is 9.85. The van der Waals surface area contributed by atoms with E-state index in [1.807, 2.05) is 37.3 Å². The molecule has 1 aliphatic heterocycles. The quantitative estimate of drug-likeness (QED) is 0.303. The summed E-state index contributed by atoms with van der Waals surface area (Å²) in [6.07, 6.45) is 1.25. The van der Waals surface area contributed by atoms with E-state index in [0.717, 1.165) is 18.4 Å². The zero-order valence-corrected chi connectivity index (χ0v) is 27.3. The minimum atomic E-state index is -2.28. The van der Waals surface area contributed by atoms with Crippen LogP contribution in [0.1, 0.15) is 72.6 Å². The average Bonchev–Trinajstić information content (AvgIpc) is 3.48. The summed E-state index contributed by atoms with van der Waals surface area (Å²) in [4.78, 5) is 50.9. The third kappa shape index (κ3) is 5.50. The second kappa shape index (κ2) is 11.1. The number of carbonyl (C=O) groups is 2. The first-order chi connectivity index (χ1) is 20.1. The van der Waals surface area contributed by atoms with Gasteiger partial charge in [0.15, 0.2) is 31.8 Å². The first-order valence-corrected chi connectivity index (χ1v) is 17.9. The molecule has 2 N–H and O–H groups in total. The molecule has 3 atom stereocenters. The SMILES string of the molecule is CC[C@@]1(C2(O[Si](C)(C)C(C)(C)C)CC2)O[C@@H](n2cnc3c(=O)[nH]c(NC(=O)C(C)C)nc32)C(=O)[C@H]1OCc1ccccc1. The minimum absolute atomic E-state index is 0.0260. The maximum Gasteiger partial charge on any atom is 0.280 e. The van der Waals surface area contributed by atoms with E-state index in [0.29, 0.717) is 6.42 Å². The van der Waals surface area contributed by atoms with Gasteiger partial charge < -0.3 is 13.9 Å². The van der Waals surface area contributed by atoms with Crippen molar-refractivity contribution in [2.24, 2.45) is 5.92 Å². The van der Waals surface area contributed by atoms with Gasteiger partial charge in [-0.1, -0.05) is 71.9 Å². The Morgan fingerprint density at radius 3 is 2.47 bits per heavy atom. The number of aromatic nitrogens is 4. The van der Waals surface area contributed by atoms with Gasteiger partial charge in [0.05, 0.1) is 18.5 Å². The number of anilines is 1. The van der Waals surface area contributed by atoms with Gasteiger partial charge in [-0.2, -0.15) is 4.98 Å². The van der Waals surface area contributed by atoms with Crippen LogP contribution in [-0.4, -0.2) is 56.8 Å². The van der Waals surface area contributed by atoms with Crippen molar-refractivity contribution < 1.29 is 23.5 Å². The van der Waals surface area contributed by atoms with Crippen LogP contribution in [0.15, 0.2) is 41.5 Å². The fraction of sp³-hybridized carbons (Fsp3) is 0.581. The fourth-order valence-electron chi connectivity index (χ4n) is 5.56. The van der Waals surface area contributed by atoms with Crippen LogP contribution in [0.25, 0.3) is 11.2 Å². The number of rotatable bonds is 10. The van der Waals surface area contributed by atoms with Gasteiger partial charge in [-0.05, 0) is 43.0 Å². The molecule has 5 rings (SSSR count). The maximum atomic E-state index is 14.4. The van der Waals surface area contributed by atoms with Crippen molar-refractivity contribution in [3.8, 4) is 0 Å². The highest BCUT2D eigenvalue weighted by molar-refractivity contribution is 6.74. The highest BCUT2D eigenvalue weighted by Crippen LogP contribution is 2.60. The maximum absolute atomic E-state index is 14.4. The molecule has 12 heteroatoms. The molecule has 0 radical (unpaired) electrons. The van der Waals surface area contributed by atoms with E-state index in [2.05, 4.69) is 54.1 Å². The summed E-state index contributed by atoms with van der Waals surface area (Å²) in [5.41, 5.74) is -1.21. The van der Waals surface area contributed by atoms with Gasteiger partial charge in [-0.15, -0.1) is 0 Å². The van der Waals surface area contributed by atoms with E-state index in [1.54, 1.807) is 13.8 Å². The van der Waals surface area contributed by atoms with Crippen LogP contribution < -0.4 is 10.9 Å². The predicted octanol–water partition coefficient (Wildman–Crippen LogP) is 5.10. The van der Waals surface area contributed by atoms with Crippen molar-refractivity contribution in [2.75, 3.05) is 5.32 Å². The summed E-state index contributed by atoms with van der Waals surface area (Å²) in [5.74, 6) is -0.951. The van der Waals surface area contributed by atoms with Crippen molar-refractivity contribution in [3.63, 3.8) is 0 Å². The number of fused-ring (bicyclic) bond motifs is 1. The van der Waals surface area contributed by atoms with Gasteiger partial charge in [-0.3, -0.25) is 29.3 Å². The number of hydrogen-bond acceptors (Lipinski definition) is 8. The molecule has 0 bridgehead atoms. The molecule has 2 fully saturated rings. The van der Waals surface area contributed by atoms with E-state index in [1.165, 1.54) is 10.9 Å². The summed E-state index contributed by atoms with van der Waals surface area (Å²) < 4.78 is 21.9. The third-order valence-electron chi connectivity index (χ3n) is 9.22. The lowest BCUT2D eigenvalue weighted by molar-refractivity contribution is -0.184. The van der Waals surface area contributed by atoms with E-state index in [4.69, 9.17) is 13.9 Å². The number of Topliss-reactive ketones (excluding diaryl/α,β-unsaturated/α-hetero) is 1. The minimum Gasteiger partial charge on any atom is -0.408 e. The molecule has 2 aliphatic rings. The number of ketones is 1. The predicted molar refractivity (Wildman–Crippen MR) is 165 cm³/mol. The molecule has 0 spiro atoms. The number of H-pyrrole nitrogens is 1. The Hall–Kier alpha value is -3.19. The molecule has 1 aliphatic carbocycles. The molecule has 3 aromatic rings. The topological polar surface area (TPSA) is 137 Å². The van der Waals surface area contributed by atoms with E-state index < -0.39 is 37.4 Å². The van der Waals surface area contributed by atoms with Gasteiger partial charge in [0.25, 0.3) is 5.56 Å². The molecule has 0 unspecified atom stereocenters. The van der Waals surface area contributed by atoms with Crippen LogP contribution in [0.3, 0.4) is 0 Å². The number of ether oxygens (including phenoxy) is 2. The summed E-state index contributed by atoms with van der Waals surface area (Å²) in [6, 6.07) is 9.71. The Bertz CT molecular complexity index is 1570. The van der Waals surface area contributed by atoms with Crippen LogP contribution in [0, 0.1) is 5.92 Å². The van der Waals surface area contributed by atoms with Gasteiger partial charge in [0.2, 0.25) is 17.6 Å². The van der Waals surface area contributed by atoms with Gasteiger partial charge in [-0.25, -0.2) is 4.98 Å². The van der Waals surface area contributed by atoms with Crippen LogP contribution in [-0.2, 0) is 30.1 Å². The Morgan fingerprint density at radius 1 is 1.21 bits per heavy atom. The molecular weight excluding hydrogens is 566 g/mol. The first kappa shape index (κ1) is 31.2. The zero-order valence-electron chi connectivity index (χ0n) is 26.3. The van der Waals surface area contributed by atoms with Crippen molar-refractivity contribution >= 4 is 37.1 Å². The number of hydrogen-bond donors (Lipinski definition) is 2. The van der Waals surface area contributed by atoms with E-state index in [-0.39, 0.29) is 46.4 Å². The number of aromatic amines is 1. The van der Waals surface area contributed by atoms with Crippen molar-refractivity contribution in [1.82, 2.24) is 19.5 Å². The number of amides is 1. The van der Waals surface area contributed by atoms with Crippen LogP contribution in [0.2, 0.25) is 18.1 Å². The van der Waals surface area contributed by atoms with Crippen LogP contribution in [0.5, 0.6) is 0 Å². The second-order valence-electron chi connectivity index (χ2n) is 13.5. The Morgan fingerprint density at radius 2 is 1.88 bits per heavy atom. The monoisotopic (exact) mass is 609 g/mol. The normalized spacial score (nSPS) is 23.7. The Kier molecular flexibility index (Phi) is 8.04. The third-order valence-corrected chi connectivity index (χ3v) is 13.7. The summed E-state index contributed by atoms with van der Waals surface area (Å²) in [5, 5.41) is 2.58. The molecule has 1 saturated heterocycles. The molecule has 1 saturated carbocycles. The standard InChI is InChI=1S/C31H43N5O6Si/c1-9-31(30(15-16-30)42-43(7,8)29(4,5)6)23(40-17-20-13-11-10-12-14-20)22(37)27(41-31)36-18-32-21-24(36)33-28(35-26(21)39)34-25(38)19(2)3/h10-14,18-19,23,27H,9,15-17H2,1-8H3,(H2,33,34,35,38,39)/t23-,27-,31-/m1/s1. The summed E-state index contributed by atoms with van der Waals surface area (Å²) in [7, 11) is -2.28. The number of benzene rings is 1. The molecule has 11 nitrogen and oxygen atoms in total. The number of nitrogens with one attached hydrogen (secondary N) is 2. The second-order valence-corrected chi connectivity index (χ2v) is 18.3. The summed E-state index contributed by atoms with van der Waals surface area (Å²) in [6.45, 7) is 16.7. The number of carbonyl (C=O) groups excluding carboxylic acids is 2. The van der Waals surface area contributed by atoms with Crippen LogP contribution >= 0.6 is 0 Å². The van der Waals surface area contributed by atoms with E-state index >= 15 is 0 Å². The highest BCUT2D eigenvalue weighted by atomic mass is 28.4. The van der Waals surface area contributed by atoms with Gasteiger partial charge in [0.1, 0.15) is 5.60 Å². The average molecular weight is 610 g/mol. The van der Waals surface area contributed by atoms with E-state index in [9.17, 15) is 14.4 Å². The van der Waals surface area contributed by atoms with Gasteiger partial charge >= 0.3 is 0 Å². The lowest BCUT2D eigenvalue weighted by Gasteiger charge is -2.47. The molecule has 1 aromatic carbocycles. The molecule has 1 amide bonds.